The molecule has 1 aliphatic carbocycles. The number of rotatable bonds is 2. The van der Waals surface area contributed by atoms with Crippen LogP contribution in [0.1, 0.15) is 23.4 Å². The van der Waals surface area contributed by atoms with Crippen molar-refractivity contribution < 1.29 is 0 Å². The van der Waals surface area contributed by atoms with E-state index in [9.17, 15) is 0 Å². The second kappa shape index (κ2) is 3.30. The number of aromatic nitrogens is 2. The SMILES string of the molecule is NCCc1nc(N)nc2c1CCC2. The van der Waals surface area contributed by atoms with E-state index in [4.69, 9.17) is 11.5 Å². The molecule has 0 unspecified atom stereocenters. The second-order valence-electron chi connectivity index (χ2n) is 3.35. The number of anilines is 1. The minimum Gasteiger partial charge on any atom is -0.368 e. The third-order valence-electron chi connectivity index (χ3n) is 2.42. The van der Waals surface area contributed by atoms with E-state index < -0.39 is 0 Å². The van der Waals surface area contributed by atoms with Crippen LogP contribution in [0.15, 0.2) is 0 Å². The highest BCUT2D eigenvalue weighted by molar-refractivity contribution is 5.35. The van der Waals surface area contributed by atoms with Gasteiger partial charge < -0.3 is 11.5 Å². The fourth-order valence-electron chi connectivity index (χ4n) is 1.87. The van der Waals surface area contributed by atoms with E-state index in [1.54, 1.807) is 0 Å². The number of nitrogens with zero attached hydrogens (tertiary/aromatic N) is 2. The van der Waals surface area contributed by atoms with Crippen molar-refractivity contribution in [1.82, 2.24) is 9.97 Å². The summed E-state index contributed by atoms with van der Waals surface area (Å²) in [7, 11) is 0. The number of fused-ring (bicyclic) bond motifs is 1. The number of hydrogen-bond donors (Lipinski definition) is 2. The number of aryl methyl sites for hydroxylation is 1. The molecule has 0 saturated carbocycles. The van der Waals surface area contributed by atoms with Crippen LogP contribution in [0.5, 0.6) is 0 Å². The van der Waals surface area contributed by atoms with Crippen molar-refractivity contribution >= 4 is 5.95 Å². The molecule has 0 radical (unpaired) electrons. The molecule has 0 atom stereocenters. The van der Waals surface area contributed by atoms with E-state index in [2.05, 4.69) is 9.97 Å². The molecule has 4 heteroatoms. The van der Waals surface area contributed by atoms with E-state index in [1.165, 1.54) is 12.0 Å². The first kappa shape index (κ1) is 8.44. The topological polar surface area (TPSA) is 77.8 Å². The number of hydrogen-bond acceptors (Lipinski definition) is 4. The van der Waals surface area contributed by atoms with Crippen LogP contribution in [0.2, 0.25) is 0 Å². The monoisotopic (exact) mass is 178 g/mol. The predicted octanol–water partition coefficient (Wildman–Crippen LogP) is 0.0487. The van der Waals surface area contributed by atoms with Gasteiger partial charge >= 0.3 is 0 Å². The van der Waals surface area contributed by atoms with Crippen LogP contribution in [0, 0.1) is 0 Å². The van der Waals surface area contributed by atoms with Crippen molar-refractivity contribution in [3.05, 3.63) is 17.0 Å². The summed E-state index contributed by atoms with van der Waals surface area (Å²) in [6, 6.07) is 0. The summed E-state index contributed by atoms with van der Waals surface area (Å²) >= 11 is 0. The summed E-state index contributed by atoms with van der Waals surface area (Å²) in [5.74, 6) is 0.393. The summed E-state index contributed by atoms with van der Waals surface area (Å²) in [4.78, 5) is 8.44. The van der Waals surface area contributed by atoms with E-state index >= 15 is 0 Å². The maximum Gasteiger partial charge on any atom is 0.220 e. The first-order chi connectivity index (χ1) is 6.31. The Morgan fingerprint density at radius 3 is 2.85 bits per heavy atom. The lowest BCUT2D eigenvalue weighted by molar-refractivity contribution is 0.875. The molecule has 4 nitrogen and oxygen atoms in total. The highest BCUT2D eigenvalue weighted by atomic mass is 15.0. The average molecular weight is 178 g/mol. The lowest BCUT2D eigenvalue weighted by Gasteiger charge is -2.06. The fourth-order valence-corrected chi connectivity index (χ4v) is 1.87. The fraction of sp³-hybridized carbons (Fsp3) is 0.556. The minimum absolute atomic E-state index is 0.393. The highest BCUT2D eigenvalue weighted by Gasteiger charge is 2.17. The van der Waals surface area contributed by atoms with Crippen molar-refractivity contribution in [2.45, 2.75) is 25.7 Å². The Hall–Kier alpha value is -1.16. The van der Waals surface area contributed by atoms with Gasteiger partial charge in [0, 0.05) is 12.1 Å². The van der Waals surface area contributed by atoms with E-state index in [0.29, 0.717) is 12.5 Å². The molecule has 2 rings (SSSR count). The van der Waals surface area contributed by atoms with Crippen molar-refractivity contribution in [2.24, 2.45) is 5.73 Å². The van der Waals surface area contributed by atoms with Gasteiger partial charge in [-0.2, -0.15) is 0 Å². The van der Waals surface area contributed by atoms with Gasteiger partial charge in [-0.3, -0.25) is 0 Å². The first-order valence-corrected chi connectivity index (χ1v) is 4.65. The molecule has 0 bridgehead atoms. The van der Waals surface area contributed by atoms with Gasteiger partial charge in [-0.05, 0) is 31.4 Å². The Morgan fingerprint density at radius 1 is 1.23 bits per heavy atom. The molecule has 13 heavy (non-hydrogen) atoms. The summed E-state index contributed by atoms with van der Waals surface area (Å²) in [5, 5.41) is 0. The van der Waals surface area contributed by atoms with Crippen molar-refractivity contribution in [3.63, 3.8) is 0 Å². The smallest absolute Gasteiger partial charge is 0.220 e. The van der Waals surface area contributed by atoms with E-state index in [1.807, 2.05) is 0 Å². The molecule has 0 fully saturated rings. The third-order valence-corrected chi connectivity index (χ3v) is 2.42. The Balaban J connectivity index is 2.43. The molecule has 4 N–H and O–H groups in total. The number of nitrogen functional groups attached to an aromatic ring is 1. The molecular weight excluding hydrogens is 164 g/mol. The molecule has 1 aromatic heterocycles. The van der Waals surface area contributed by atoms with Gasteiger partial charge in [0.15, 0.2) is 0 Å². The predicted molar refractivity (Wildman–Crippen MR) is 51.2 cm³/mol. The Labute approximate surface area is 77.4 Å². The van der Waals surface area contributed by atoms with Gasteiger partial charge in [0.05, 0.1) is 5.69 Å². The lowest BCUT2D eigenvalue weighted by atomic mass is 10.1. The summed E-state index contributed by atoms with van der Waals surface area (Å²) in [5.41, 5.74) is 14.6. The molecule has 70 valence electrons. The van der Waals surface area contributed by atoms with Gasteiger partial charge in [-0.1, -0.05) is 0 Å². The van der Waals surface area contributed by atoms with Crippen molar-refractivity contribution in [3.8, 4) is 0 Å². The van der Waals surface area contributed by atoms with E-state index in [-0.39, 0.29) is 0 Å². The van der Waals surface area contributed by atoms with Crippen molar-refractivity contribution in [1.29, 1.82) is 0 Å². The molecular formula is C9H14N4. The van der Waals surface area contributed by atoms with Gasteiger partial charge in [-0.15, -0.1) is 0 Å². The van der Waals surface area contributed by atoms with Gasteiger partial charge in [-0.25, -0.2) is 9.97 Å². The molecule has 0 saturated heterocycles. The van der Waals surface area contributed by atoms with Crippen molar-refractivity contribution in [2.75, 3.05) is 12.3 Å². The molecule has 1 aromatic rings. The van der Waals surface area contributed by atoms with Crippen LogP contribution in [0.4, 0.5) is 5.95 Å². The van der Waals surface area contributed by atoms with Crippen LogP contribution < -0.4 is 11.5 Å². The average Bonchev–Trinajstić information content (AvgIpc) is 2.52. The Bertz CT molecular complexity index is 322. The third kappa shape index (κ3) is 1.49. The molecule has 1 aliphatic rings. The zero-order chi connectivity index (χ0) is 9.26. The Kier molecular flexibility index (Phi) is 2.14. The Morgan fingerprint density at radius 2 is 2.08 bits per heavy atom. The first-order valence-electron chi connectivity index (χ1n) is 4.65. The van der Waals surface area contributed by atoms with Crippen LogP contribution >= 0.6 is 0 Å². The van der Waals surface area contributed by atoms with Gasteiger partial charge in [0.2, 0.25) is 5.95 Å². The molecule has 0 amide bonds. The van der Waals surface area contributed by atoms with Crippen LogP contribution in [-0.4, -0.2) is 16.5 Å². The molecule has 1 heterocycles. The highest BCUT2D eigenvalue weighted by Crippen LogP contribution is 2.23. The van der Waals surface area contributed by atoms with Crippen LogP contribution in [0.3, 0.4) is 0 Å². The van der Waals surface area contributed by atoms with E-state index in [0.717, 1.165) is 30.7 Å². The maximum atomic E-state index is 5.60. The summed E-state index contributed by atoms with van der Waals surface area (Å²) in [6.45, 7) is 0.628. The van der Waals surface area contributed by atoms with Crippen LogP contribution in [-0.2, 0) is 19.3 Å². The minimum atomic E-state index is 0.393. The van der Waals surface area contributed by atoms with Crippen LogP contribution in [0.25, 0.3) is 0 Å². The normalized spacial score (nSPS) is 14.5. The molecule has 0 spiro atoms. The molecule has 0 aromatic carbocycles. The van der Waals surface area contributed by atoms with Gasteiger partial charge in [0.25, 0.3) is 0 Å². The zero-order valence-corrected chi connectivity index (χ0v) is 7.58. The summed E-state index contributed by atoms with van der Waals surface area (Å²) < 4.78 is 0. The standard InChI is InChI=1S/C9H14N4/c10-5-4-8-6-2-1-3-7(6)12-9(11)13-8/h1-5,10H2,(H2,11,12,13). The lowest BCUT2D eigenvalue weighted by Crippen LogP contribution is -2.10. The van der Waals surface area contributed by atoms with Gasteiger partial charge in [0.1, 0.15) is 0 Å². The zero-order valence-electron chi connectivity index (χ0n) is 7.58. The second-order valence-corrected chi connectivity index (χ2v) is 3.35. The molecule has 0 aliphatic heterocycles. The quantitative estimate of drug-likeness (QED) is 0.670. The maximum absolute atomic E-state index is 5.60. The summed E-state index contributed by atoms with van der Waals surface area (Å²) in [6.07, 6.45) is 4.12. The largest absolute Gasteiger partial charge is 0.368 e. The number of nitrogens with two attached hydrogens (primary N) is 2.